The minimum atomic E-state index is -0.874. The van der Waals surface area contributed by atoms with Crippen LogP contribution in [0.15, 0.2) is 36.5 Å². The van der Waals surface area contributed by atoms with Gasteiger partial charge in [-0.15, -0.1) is 0 Å². The molecule has 1 N–H and O–H groups in total. The molecule has 2 aromatic rings. The van der Waals surface area contributed by atoms with Crippen LogP contribution in [0.3, 0.4) is 0 Å². The SMILES string of the molecule is CC(C)(C#N)NC(=O)c1ccc2ncccc2c1. The third kappa shape index (κ3) is 2.46. The number of rotatable bonds is 2. The summed E-state index contributed by atoms with van der Waals surface area (Å²) in [4.78, 5) is 16.2. The third-order valence-corrected chi connectivity index (χ3v) is 2.57. The van der Waals surface area contributed by atoms with Gasteiger partial charge in [-0.05, 0) is 38.1 Å². The number of nitrogens with zero attached hydrogens (tertiary/aromatic N) is 2. The number of aromatic nitrogens is 1. The highest BCUT2D eigenvalue weighted by molar-refractivity contribution is 5.98. The Bertz CT molecular complexity index is 641. The second-order valence-corrected chi connectivity index (χ2v) is 4.60. The van der Waals surface area contributed by atoms with E-state index in [0.717, 1.165) is 10.9 Å². The van der Waals surface area contributed by atoms with Gasteiger partial charge in [-0.3, -0.25) is 9.78 Å². The fourth-order valence-corrected chi connectivity index (χ4v) is 1.60. The number of benzene rings is 1. The molecular formula is C14H13N3O. The van der Waals surface area contributed by atoms with E-state index in [1.54, 1.807) is 38.2 Å². The molecule has 0 aliphatic heterocycles. The molecule has 0 unspecified atom stereocenters. The minimum Gasteiger partial charge on any atom is -0.334 e. The highest BCUT2D eigenvalue weighted by atomic mass is 16.1. The van der Waals surface area contributed by atoms with Gasteiger partial charge in [-0.25, -0.2) is 0 Å². The van der Waals surface area contributed by atoms with Gasteiger partial charge in [-0.2, -0.15) is 5.26 Å². The number of carbonyl (C=O) groups is 1. The van der Waals surface area contributed by atoms with Crippen LogP contribution in [0.4, 0.5) is 0 Å². The number of pyridine rings is 1. The van der Waals surface area contributed by atoms with Crippen LogP contribution in [0.25, 0.3) is 10.9 Å². The van der Waals surface area contributed by atoms with Crippen LogP contribution in [0.2, 0.25) is 0 Å². The summed E-state index contributed by atoms with van der Waals surface area (Å²) in [5.74, 6) is -0.257. The van der Waals surface area contributed by atoms with Gasteiger partial charge in [0.2, 0.25) is 0 Å². The monoisotopic (exact) mass is 239 g/mol. The first-order valence-electron chi connectivity index (χ1n) is 5.60. The zero-order chi connectivity index (χ0) is 13.2. The van der Waals surface area contributed by atoms with Crippen LogP contribution in [0, 0.1) is 11.3 Å². The minimum absolute atomic E-state index is 0.257. The van der Waals surface area contributed by atoms with Crippen molar-refractivity contribution in [3.8, 4) is 6.07 Å². The fraction of sp³-hybridized carbons (Fsp3) is 0.214. The average molecular weight is 239 g/mol. The first-order valence-corrected chi connectivity index (χ1v) is 5.60. The lowest BCUT2D eigenvalue weighted by Gasteiger charge is -2.17. The van der Waals surface area contributed by atoms with Crippen LogP contribution >= 0.6 is 0 Å². The smallest absolute Gasteiger partial charge is 0.252 e. The Kier molecular flexibility index (Phi) is 2.99. The molecule has 2 rings (SSSR count). The molecular weight excluding hydrogens is 226 g/mol. The Balaban J connectivity index is 2.32. The Morgan fingerprint density at radius 1 is 1.39 bits per heavy atom. The molecule has 4 nitrogen and oxygen atoms in total. The number of hydrogen-bond donors (Lipinski definition) is 1. The maximum Gasteiger partial charge on any atom is 0.252 e. The van der Waals surface area contributed by atoms with Crippen LogP contribution in [-0.4, -0.2) is 16.4 Å². The van der Waals surface area contributed by atoms with Crippen LogP contribution in [-0.2, 0) is 0 Å². The van der Waals surface area contributed by atoms with Gasteiger partial charge in [0.25, 0.3) is 5.91 Å². The standard InChI is InChI=1S/C14H13N3O/c1-14(2,9-15)17-13(18)11-5-6-12-10(8-11)4-3-7-16-12/h3-8H,1-2H3,(H,17,18). The Hall–Kier alpha value is -2.41. The predicted molar refractivity (Wildman–Crippen MR) is 68.9 cm³/mol. The molecule has 0 saturated carbocycles. The van der Waals surface area contributed by atoms with E-state index >= 15 is 0 Å². The molecule has 1 aromatic heterocycles. The third-order valence-electron chi connectivity index (χ3n) is 2.57. The number of amides is 1. The summed E-state index contributed by atoms with van der Waals surface area (Å²) < 4.78 is 0. The molecule has 0 aliphatic carbocycles. The summed E-state index contributed by atoms with van der Waals surface area (Å²) in [7, 11) is 0. The number of carbonyl (C=O) groups excluding carboxylic acids is 1. The van der Waals surface area contributed by atoms with E-state index in [-0.39, 0.29) is 5.91 Å². The van der Waals surface area contributed by atoms with Gasteiger partial charge in [0.15, 0.2) is 0 Å². The van der Waals surface area contributed by atoms with E-state index in [4.69, 9.17) is 5.26 Å². The van der Waals surface area contributed by atoms with Crippen LogP contribution < -0.4 is 5.32 Å². The van der Waals surface area contributed by atoms with Gasteiger partial charge in [-0.1, -0.05) is 6.07 Å². The molecule has 1 aromatic carbocycles. The van der Waals surface area contributed by atoms with E-state index in [1.807, 2.05) is 18.2 Å². The largest absolute Gasteiger partial charge is 0.334 e. The molecule has 0 saturated heterocycles. The topological polar surface area (TPSA) is 65.8 Å². The molecule has 4 heteroatoms. The van der Waals surface area contributed by atoms with Crippen molar-refractivity contribution < 1.29 is 4.79 Å². The van der Waals surface area contributed by atoms with Crippen molar-refractivity contribution in [1.82, 2.24) is 10.3 Å². The lowest BCUT2D eigenvalue weighted by molar-refractivity contribution is 0.0929. The summed E-state index contributed by atoms with van der Waals surface area (Å²) in [6.07, 6.45) is 1.71. The summed E-state index contributed by atoms with van der Waals surface area (Å²) in [6.45, 7) is 3.32. The predicted octanol–water partition coefficient (Wildman–Crippen LogP) is 2.27. The zero-order valence-electron chi connectivity index (χ0n) is 10.3. The normalized spacial score (nSPS) is 10.9. The molecule has 90 valence electrons. The van der Waals surface area contributed by atoms with Gasteiger partial charge in [0.1, 0.15) is 5.54 Å². The highest BCUT2D eigenvalue weighted by Gasteiger charge is 2.20. The number of nitrogens with one attached hydrogen (secondary N) is 1. The number of fused-ring (bicyclic) bond motifs is 1. The van der Waals surface area contributed by atoms with Gasteiger partial charge in [0, 0.05) is 17.1 Å². The molecule has 0 fully saturated rings. The van der Waals surface area contributed by atoms with Crippen molar-refractivity contribution in [3.63, 3.8) is 0 Å². The molecule has 0 aliphatic rings. The van der Waals surface area contributed by atoms with Crippen molar-refractivity contribution in [3.05, 3.63) is 42.1 Å². The number of hydrogen-bond acceptors (Lipinski definition) is 3. The average Bonchev–Trinajstić information content (AvgIpc) is 2.37. The van der Waals surface area contributed by atoms with Crippen molar-refractivity contribution >= 4 is 16.8 Å². The van der Waals surface area contributed by atoms with E-state index in [1.165, 1.54) is 0 Å². The molecule has 0 bridgehead atoms. The second kappa shape index (κ2) is 4.46. The highest BCUT2D eigenvalue weighted by Crippen LogP contribution is 2.14. The van der Waals surface area contributed by atoms with E-state index in [2.05, 4.69) is 10.3 Å². The molecule has 0 radical (unpaired) electrons. The van der Waals surface area contributed by atoms with Crippen molar-refractivity contribution in [2.24, 2.45) is 0 Å². The quantitative estimate of drug-likeness (QED) is 0.874. The van der Waals surface area contributed by atoms with Gasteiger partial charge in [0.05, 0.1) is 11.6 Å². The van der Waals surface area contributed by atoms with Crippen LogP contribution in [0.1, 0.15) is 24.2 Å². The summed E-state index contributed by atoms with van der Waals surface area (Å²) in [5.41, 5.74) is 0.494. The Morgan fingerprint density at radius 2 is 2.17 bits per heavy atom. The number of nitriles is 1. The fourth-order valence-electron chi connectivity index (χ4n) is 1.60. The van der Waals surface area contributed by atoms with Crippen molar-refractivity contribution in [2.75, 3.05) is 0 Å². The Morgan fingerprint density at radius 3 is 2.89 bits per heavy atom. The lowest BCUT2D eigenvalue weighted by Crippen LogP contribution is -2.42. The molecule has 1 heterocycles. The lowest BCUT2D eigenvalue weighted by atomic mass is 10.1. The summed E-state index contributed by atoms with van der Waals surface area (Å²) in [5, 5.41) is 12.5. The maximum absolute atomic E-state index is 12.0. The first-order chi connectivity index (χ1) is 8.52. The van der Waals surface area contributed by atoms with Crippen molar-refractivity contribution in [2.45, 2.75) is 19.4 Å². The summed E-state index contributed by atoms with van der Waals surface area (Å²) in [6, 6.07) is 11.0. The van der Waals surface area contributed by atoms with Crippen LogP contribution in [0.5, 0.6) is 0 Å². The summed E-state index contributed by atoms with van der Waals surface area (Å²) >= 11 is 0. The molecule has 0 spiro atoms. The van der Waals surface area contributed by atoms with Crippen molar-refractivity contribution in [1.29, 1.82) is 5.26 Å². The molecule has 0 atom stereocenters. The van der Waals surface area contributed by atoms with E-state index in [9.17, 15) is 4.79 Å². The maximum atomic E-state index is 12.0. The Labute approximate surface area is 105 Å². The van der Waals surface area contributed by atoms with E-state index in [0.29, 0.717) is 5.56 Å². The van der Waals surface area contributed by atoms with E-state index < -0.39 is 5.54 Å². The van der Waals surface area contributed by atoms with Gasteiger partial charge < -0.3 is 5.32 Å². The first kappa shape index (κ1) is 12.1. The van der Waals surface area contributed by atoms with Gasteiger partial charge >= 0.3 is 0 Å². The second-order valence-electron chi connectivity index (χ2n) is 4.60. The molecule has 1 amide bonds. The zero-order valence-corrected chi connectivity index (χ0v) is 10.3. The molecule has 18 heavy (non-hydrogen) atoms.